The van der Waals surface area contributed by atoms with E-state index in [9.17, 15) is 9.59 Å². The van der Waals surface area contributed by atoms with Crippen LogP contribution in [0, 0.1) is 0 Å². The fourth-order valence-electron chi connectivity index (χ4n) is 2.98. The number of nitrogens with one attached hydrogen (secondary N) is 2. The number of rotatable bonds is 6. The lowest BCUT2D eigenvalue weighted by atomic mass is 10.2. The number of carbonyl (C=O) groups is 2. The Morgan fingerprint density at radius 3 is 2.52 bits per heavy atom. The molecule has 1 aromatic carbocycles. The summed E-state index contributed by atoms with van der Waals surface area (Å²) in [6.45, 7) is 5.42. The smallest absolute Gasteiger partial charge is 0.238 e. The molecule has 0 spiro atoms. The lowest BCUT2D eigenvalue weighted by molar-refractivity contribution is -0.127. The summed E-state index contributed by atoms with van der Waals surface area (Å²) in [4.78, 5) is 28.6. The molecule has 2 N–H and O–H groups in total. The standard InChI is InChI=1S/C18H25ClN4O2/c1-13(18(25)20-14-6-7-14)23-10-8-22(9-11-23)12-17(24)21-16-5-3-2-4-15(16)19/h2-5,13-14H,6-12H2,1H3,(H,20,25)(H,21,24)/t13-/m1/s1. The van der Waals surface area contributed by atoms with Crippen LogP contribution in [0.25, 0.3) is 0 Å². The number of piperazine rings is 1. The van der Waals surface area contributed by atoms with Gasteiger partial charge < -0.3 is 10.6 Å². The van der Waals surface area contributed by atoms with E-state index in [1.54, 1.807) is 12.1 Å². The van der Waals surface area contributed by atoms with Gasteiger partial charge in [0.25, 0.3) is 0 Å². The molecule has 0 aromatic heterocycles. The first kappa shape index (κ1) is 18.2. The van der Waals surface area contributed by atoms with Crippen LogP contribution in [-0.2, 0) is 9.59 Å². The van der Waals surface area contributed by atoms with Crippen molar-refractivity contribution in [2.24, 2.45) is 0 Å². The van der Waals surface area contributed by atoms with E-state index in [-0.39, 0.29) is 17.9 Å². The molecule has 136 valence electrons. The van der Waals surface area contributed by atoms with Gasteiger partial charge in [-0.25, -0.2) is 0 Å². The summed E-state index contributed by atoms with van der Waals surface area (Å²) in [6.07, 6.45) is 2.21. The third-order valence-corrected chi connectivity index (χ3v) is 5.10. The van der Waals surface area contributed by atoms with Gasteiger partial charge in [-0.05, 0) is 31.9 Å². The Kier molecular flexibility index (Phi) is 5.93. The Morgan fingerprint density at radius 2 is 1.88 bits per heavy atom. The van der Waals surface area contributed by atoms with Gasteiger partial charge in [0.15, 0.2) is 0 Å². The lowest BCUT2D eigenvalue weighted by Gasteiger charge is -2.37. The van der Waals surface area contributed by atoms with E-state index < -0.39 is 0 Å². The first-order chi connectivity index (χ1) is 12.0. The van der Waals surface area contributed by atoms with Crippen LogP contribution in [0.15, 0.2) is 24.3 Å². The molecular weight excluding hydrogens is 340 g/mol. The molecule has 0 radical (unpaired) electrons. The minimum atomic E-state index is -0.111. The zero-order valence-corrected chi connectivity index (χ0v) is 15.3. The molecule has 1 heterocycles. The van der Waals surface area contributed by atoms with Crippen LogP contribution in [0.4, 0.5) is 5.69 Å². The fraction of sp³-hybridized carbons (Fsp3) is 0.556. The van der Waals surface area contributed by atoms with Gasteiger partial charge in [0, 0.05) is 32.2 Å². The molecule has 2 amide bonds. The monoisotopic (exact) mass is 364 g/mol. The molecule has 25 heavy (non-hydrogen) atoms. The van der Waals surface area contributed by atoms with E-state index in [4.69, 9.17) is 11.6 Å². The topological polar surface area (TPSA) is 64.7 Å². The summed E-state index contributed by atoms with van der Waals surface area (Å²) in [6, 6.07) is 7.50. The maximum Gasteiger partial charge on any atom is 0.238 e. The summed E-state index contributed by atoms with van der Waals surface area (Å²) < 4.78 is 0. The Labute approximate surface area is 153 Å². The normalized spacial score (nSPS) is 20.1. The number of benzene rings is 1. The Hall–Kier alpha value is -1.63. The summed E-state index contributed by atoms with van der Waals surface area (Å²) in [5.41, 5.74) is 0.637. The van der Waals surface area contributed by atoms with Crippen molar-refractivity contribution in [3.63, 3.8) is 0 Å². The quantitative estimate of drug-likeness (QED) is 0.804. The van der Waals surface area contributed by atoms with E-state index in [0.29, 0.717) is 23.3 Å². The first-order valence-electron chi connectivity index (χ1n) is 8.84. The van der Waals surface area contributed by atoms with Crippen LogP contribution in [-0.4, -0.2) is 66.4 Å². The average Bonchev–Trinajstić information content (AvgIpc) is 3.41. The van der Waals surface area contributed by atoms with Gasteiger partial charge in [-0.15, -0.1) is 0 Å². The second kappa shape index (κ2) is 8.17. The van der Waals surface area contributed by atoms with Crippen molar-refractivity contribution in [3.8, 4) is 0 Å². The minimum Gasteiger partial charge on any atom is -0.352 e. The average molecular weight is 365 g/mol. The van der Waals surface area contributed by atoms with E-state index in [1.807, 2.05) is 19.1 Å². The molecule has 1 aliphatic heterocycles. The van der Waals surface area contributed by atoms with Crippen LogP contribution in [0.2, 0.25) is 5.02 Å². The Balaban J connectivity index is 1.42. The number of hydrogen-bond donors (Lipinski definition) is 2. The molecule has 0 bridgehead atoms. The van der Waals surface area contributed by atoms with Crippen molar-refractivity contribution < 1.29 is 9.59 Å². The first-order valence-corrected chi connectivity index (χ1v) is 9.22. The number of para-hydroxylation sites is 1. The van der Waals surface area contributed by atoms with Crippen LogP contribution in [0.1, 0.15) is 19.8 Å². The molecule has 7 heteroatoms. The molecule has 2 fully saturated rings. The highest BCUT2D eigenvalue weighted by molar-refractivity contribution is 6.33. The fourth-order valence-corrected chi connectivity index (χ4v) is 3.16. The van der Waals surface area contributed by atoms with Crippen molar-refractivity contribution in [1.29, 1.82) is 0 Å². The molecule has 1 atom stereocenters. The zero-order valence-electron chi connectivity index (χ0n) is 14.5. The van der Waals surface area contributed by atoms with Gasteiger partial charge >= 0.3 is 0 Å². The predicted octanol–water partition coefficient (Wildman–Crippen LogP) is 1.56. The molecule has 1 aromatic rings. The van der Waals surface area contributed by atoms with Crippen molar-refractivity contribution in [2.45, 2.75) is 31.8 Å². The molecule has 1 saturated heterocycles. The van der Waals surface area contributed by atoms with Gasteiger partial charge in [-0.2, -0.15) is 0 Å². The summed E-state index contributed by atoms with van der Waals surface area (Å²) in [5, 5.41) is 6.44. The highest BCUT2D eigenvalue weighted by atomic mass is 35.5. The number of nitrogens with zero attached hydrogens (tertiary/aromatic N) is 2. The van der Waals surface area contributed by atoms with E-state index >= 15 is 0 Å². The third kappa shape index (κ3) is 5.17. The summed E-state index contributed by atoms with van der Waals surface area (Å²) in [5.74, 6) is 0.0495. The molecule has 2 aliphatic rings. The highest BCUT2D eigenvalue weighted by Gasteiger charge is 2.30. The highest BCUT2D eigenvalue weighted by Crippen LogP contribution is 2.21. The van der Waals surface area contributed by atoms with Crippen LogP contribution < -0.4 is 10.6 Å². The number of anilines is 1. The summed E-state index contributed by atoms with van der Waals surface area (Å²) in [7, 11) is 0. The Bertz CT molecular complexity index is 627. The van der Waals surface area contributed by atoms with Crippen molar-refractivity contribution >= 4 is 29.1 Å². The number of hydrogen-bond acceptors (Lipinski definition) is 4. The van der Waals surface area contributed by atoms with Crippen LogP contribution in [0.3, 0.4) is 0 Å². The molecule has 3 rings (SSSR count). The molecule has 1 saturated carbocycles. The van der Waals surface area contributed by atoms with Gasteiger partial charge in [-0.3, -0.25) is 19.4 Å². The second-order valence-electron chi connectivity index (χ2n) is 6.80. The van der Waals surface area contributed by atoms with Gasteiger partial charge in [0.1, 0.15) is 0 Å². The lowest BCUT2D eigenvalue weighted by Crippen LogP contribution is -2.55. The predicted molar refractivity (Wildman–Crippen MR) is 98.7 cm³/mol. The van der Waals surface area contributed by atoms with Gasteiger partial charge in [0.2, 0.25) is 11.8 Å². The van der Waals surface area contributed by atoms with Crippen molar-refractivity contribution in [2.75, 3.05) is 38.0 Å². The molecule has 0 unspecified atom stereocenters. The second-order valence-corrected chi connectivity index (χ2v) is 7.21. The SMILES string of the molecule is C[C@H](C(=O)NC1CC1)N1CCN(CC(=O)Nc2ccccc2Cl)CC1. The van der Waals surface area contributed by atoms with Crippen LogP contribution >= 0.6 is 11.6 Å². The van der Waals surface area contributed by atoms with Crippen LogP contribution in [0.5, 0.6) is 0 Å². The molecule has 1 aliphatic carbocycles. The zero-order chi connectivity index (χ0) is 17.8. The molecular formula is C18H25ClN4O2. The van der Waals surface area contributed by atoms with E-state index in [0.717, 1.165) is 39.0 Å². The Morgan fingerprint density at radius 1 is 1.20 bits per heavy atom. The number of carbonyl (C=O) groups excluding carboxylic acids is 2. The number of halogens is 1. The van der Waals surface area contributed by atoms with Gasteiger partial charge in [-0.1, -0.05) is 23.7 Å². The third-order valence-electron chi connectivity index (χ3n) is 4.77. The van der Waals surface area contributed by atoms with Gasteiger partial charge in [0.05, 0.1) is 23.3 Å². The maximum absolute atomic E-state index is 12.2. The number of amides is 2. The molecule has 6 nitrogen and oxygen atoms in total. The van der Waals surface area contributed by atoms with E-state index in [1.165, 1.54) is 0 Å². The van der Waals surface area contributed by atoms with Crippen molar-refractivity contribution in [3.05, 3.63) is 29.3 Å². The maximum atomic E-state index is 12.2. The largest absolute Gasteiger partial charge is 0.352 e. The summed E-state index contributed by atoms with van der Waals surface area (Å²) >= 11 is 6.06. The van der Waals surface area contributed by atoms with Crippen molar-refractivity contribution in [1.82, 2.24) is 15.1 Å². The minimum absolute atomic E-state index is 0.0684. The van der Waals surface area contributed by atoms with E-state index in [2.05, 4.69) is 20.4 Å².